The SMILES string of the molecule is CCCNC(=O)CN(C)C(=O)N[C@@H](CC)C(=O)O. The van der Waals surface area contributed by atoms with Crippen LogP contribution in [0.3, 0.4) is 0 Å². The molecule has 0 fully saturated rings. The molecule has 18 heavy (non-hydrogen) atoms. The van der Waals surface area contributed by atoms with E-state index in [2.05, 4.69) is 10.6 Å². The number of carbonyl (C=O) groups excluding carboxylic acids is 2. The minimum atomic E-state index is -1.09. The van der Waals surface area contributed by atoms with Gasteiger partial charge in [-0.2, -0.15) is 0 Å². The molecule has 0 aliphatic carbocycles. The van der Waals surface area contributed by atoms with Gasteiger partial charge in [0, 0.05) is 13.6 Å². The number of nitrogens with zero attached hydrogens (tertiary/aromatic N) is 1. The molecule has 0 saturated heterocycles. The maximum absolute atomic E-state index is 11.6. The summed E-state index contributed by atoms with van der Waals surface area (Å²) in [6.07, 6.45) is 1.11. The zero-order valence-corrected chi connectivity index (χ0v) is 11.0. The van der Waals surface area contributed by atoms with Crippen LogP contribution in [0.15, 0.2) is 0 Å². The van der Waals surface area contributed by atoms with Crippen molar-refractivity contribution in [3.8, 4) is 0 Å². The molecule has 0 aromatic carbocycles. The van der Waals surface area contributed by atoms with E-state index in [4.69, 9.17) is 5.11 Å². The van der Waals surface area contributed by atoms with E-state index in [0.717, 1.165) is 11.3 Å². The topological polar surface area (TPSA) is 98.7 Å². The molecule has 0 aromatic rings. The monoisotopic (exact) mass is 259 g/mol. The van der Waals surface area contributed by atoms with Crippen LogP contribution in [0.2, 0.25) is 0 Å². The molecule has 0 unspecified atom stereocenters. The van der Waals surface area contributed by atoms with E-state index in [1.807, 2.05) is 6.92 Å². The smallest absolute Gasteiger partial charge is 0.326 e. The molecule has 0 radical (unpaired) electrons. The van der Waals surface area contributed by atoms with Crippen molar-refractivity contribution >= 4 is 17.9 Å². The number of amides is 3. The molecule has 7 nitrogen and oxygen atoms in total. The van der Waals surface area contributed by atoms with Crippen molar-refractivity contribution in [2.45, 2.75) is 32.7 Å². The number of carbonyl (C=O) groups is 3. The van der Waals surface area contributed by atoms with Crippen molar-refractivity contribution in [2.75, 3.05) is 20.1 Å². The van der Waals surface area contributed by atoms with E-state index < -0.39 is 18.0 Å². The molecular formula is C11H21N3O4. The summed E-state index contributed by atoms with van der Waals surface area (Å²) in [6.45, 7) is 4.05. The second-order valence-corrected chi connectivity index (χ2v) is 3.95. The first kappa shape index (κ1) is 16.2. The number of carboxylic acids is 1. The van der Waals surface area contributed by atoms with Crippen LogP contribution >= 0.6 is 0 Å². The van der Waals surface area contributed by atoms with Gasteiger partial charge in [-0.15, -0.1) is 0 Å². The van der Waals surface area contributed by atoms with Crippen molar-refractivity contribution in [1.29, 1.82) is 0 Å². The fourth-order valence-corrected chi connectivity index (χ4v) is 1.21. The summed E-state index contributed by atoms with van der Waals surface area (Å²) >= 11 is 0. The maximum atomic E-state index is 11.6. The molecule has 0 aliphatic rings. The van der Waals surface area contributed by atoms with E-state index in [1.54, 1.807) is 6.92 Å². The van der Waals surface area contributed by atoms with Gasteiger partial charge in [-0.25, -0.2) is 9.59 Å². The van der Waals surface area contributed by atoms with Crippen molar-refractivity contribution < 1.29 is 19.5 Å². The van der Waals surface area contributed by atoms with Gasteiger partial charge in [0.1, 0.15) is 12.6 Å². The Kier molecular flexibility index (Phi) is 7.50. The maximum Gasteiger partial charge on any atom is 0.326 e. The average molecular weight is 259 g/mol. The van der Waals surface area contributed by atoms with Crippen LogP contribution in [-0.2, 0) is 9.59 Å². The molecular weight excluding hydrogens is 238 g/mol. The fourth-order valence-electron chi connectivity index (χ4n) is 1.21. The molecule has 7 heteroatoms. The molecule has 0 rings (SSSR count). The highest BCUT2D eigenvalue weighted by atomic mass is 16.4. The quantitative estimate of drug-likeness (QED) is 0.600. The Morgan fingerprint density at radius 1 is 1.28 bits per heavy atom. The van der Waals surface area contributed by atoms with Crippen LogP contribution in [-0.4, -0.2) is 54.1 Å². The third kappa shape index (κ3) is 6.07. The van der Waals surface area contributed by atoms with Crippen molar-refractivity contribution in [2.24, 2.45) is 0 Å². The Bertz CT molecular complexity index is 307. The molecule has 0 aliphatic heterocycles. The minimum Gasteiger partial charge on any atom is -0.480 e. The molecule has 0 bridgehead atoms. The average Bonchev–Trinajstić information content (AvgIpc) is 2.32. The van der Waals surface area contributed by atoms with E-state index in [-0.39, 0.29) is 18.9 Å². The van der Waals surface area contributed by atoms with Crippen LogP contribution in [0.1, 0.15) is 26.7 Å². The third-order valence-corrected chi connectivity index (χ3v) is 2.30. The first-order valence-electron chi connectivity index (χ1n) is 5.93. The Morgan fingerprint density at radius 3 is 2.33 bits per heavy atom. The van der Waals surface area contributed by atoms with Gasteiger partial charge in [0.2, 0.25) is 5.91 Å². The van der Waals surface area contributed by atoms with Crippen molar-refractivity contribution in [3.63, 3.8) is 0 Å². The summed E-state index contributed by atoms with van der Waals surface area (Å²) in [4.78, 5) is 34.8. The number of rotatable bonds is 7. The van der Waals surface area contributed by atoms with E-state index >= 15 is 0 Å². The summed E-state index contributed by atoms with van der Waals surface area (Å²) in [7, 11) is 1.44. The van der Waals surface area contributed by atoms with Crippen molar-refractivity contribution in [3.05, 3.63) is 0 Å². The summed E-state index contributed by atoms with van der Waals surface area (Å²) in [5.41, 5.74) is 0. The molecule has 1 atom stereocenters. The number of urea groups is 1. The number of nitrogens with one attached hydrogen (secondary N) is 2. The number of aliphatic carboxylic acids is 1. The predicted molar refractivity (Wildman–Crippen MR) is 66.2 cm³/mol. The van der Waals surface area contributed by atoms with Gasteiger partial charge in [-0.05, 0) is 12.8 Å². The summed E-state index contributed by atoms with van der Waals surface area (Å²) in [5, 5.41) is 13.8. The highest BCUT2D eigenvalue weighted by Gasteiger charge is 2.20. The molecule has 0 spiro atoms. The molecule has 0 saturated carbocycles. The van der Waals surface area contributed by atoms with E-state index in [9.17, 15) is 14.4 Å². The number of likely N-dealkylation sites (N-methyl/N-ethyl adjacent to an activating group) is 1. The molecule has 3 N–H and O–H groups in total. The summed E-state index contributed by atoms with van der Waals surface area (Å²) in [5.74, 6) is -1.35. The van der Waals surface area contributed by atoms with E-state index in [1.165, 1.54) is 7.05 Å². The van der Waals surface area contributed by atoms with Gasteiger partial charge in [0.15, 0.2) is 0 Å². The third-order valence-electron chi connectivity index (χ3n) is 2.30. The van der Waals surface area contributed by atoms with Crippen LogP contribution in [0.25, 0.3) is 0 Å². The summed E-state index contributed by atoms with van der Waals surface area (Å²) in [6, 6.07) is -1.51. The van der Waals surface area contributed by atoms with Gasteiger partial charge in [0.25, 0.3) is 0 Å². The molecule has 3 amide bonds. The first-order valence-corrected chi connectivity index (χ1v) is 5.93. The standard InChI is InChI=1S/C11H21N3O4/c1-4-6-12-9(15)7-14(3)11(18)13-8(5-2)10(16)17/h8H,4-7H2,1-3H3,(H,12,15)(H,13,18)(H,16,17)/t8-/m0/s1. The lowest BCUT2D eigenvalue weighted by atomic mass is 10.2. The highest BCUT2D eigenvalue weighted by Crippen LogP contribution is 1.93. The normalized spacial score (nSPS) is 11.5. The number of hydrogen-bond acceptors (Lipinski definition) is 3. The van der Waals surface area contributed by atoms with Crippen LogP contribution in [0.5, 0.6) is 0 Å². The van der Waals surface area contributed by atoms with Gasteiger partial charge >= 0.3 is 12.0 Å². The Labute approximate surface area is 107 Å². The van der Waals surface area contributed by atoms with Crippen LogP contribution in [0.4, 0.5) is 4.79 Å². The zero-order chi connectivity index (χ0) is 14.1. The largest absolute Gasteiger partial charge is 0.480 e. The van der Waals surface area contributed by atoms with Gasteiger partial charge in [-0.3, -0.25) is 4.79 Å². The Balaban J connectivity index is 4.17. The summed E-state index contributed by atoms with van der Waals surface area (Å²) < 4.78 is 0. The zero-order valence-electron chi connectivity index (χ0n) is 11.0. The lowest BCUT2D eigenvalue weighted by molar-refractivity contribution is -0.139. The van der Waals surface area contributed by atoms with E-state index in [0.29, 0.717) is 6.54 Å². The van der Waals surface area contributed by atoms with Crippen molar-refractivity contribution in [1.82, 2.24) is 15.5 Å². The van der Waals surface area contributed by atoms with Gasteiger partial charge < -0.3 is 20.6 Å². The fraction of sp³-hybridized carbons (Fsp3) is 0.727. The molecule has 104 valence electrons. The van der Waals surface area contributed by atoms with Gasteiger partial charge in [0.05, 0.1) is 0 Å². The van der Waals surface area contributed by atoms with Gasteiger partial charge in [-0.1, -0.05) is 13.8 Å². The Hall–Kier alpha value is -1.79. The van der Waals surface area contributed by atoms with Crippen LogP contribution < -0.4 is 10.6 Å². The predicted octanol–water partition coefficient (Wildman–Crippen LogP) is 0.0172. The minimum absolute atomic E-state index is 0.0954. The Morgan fingerprint density at radius 2 is 1.89 bits per heavy atom. The molecule has 0 aromatic heterocycles. The van der Waals surface area contributed by atoms with Crippen LogP contribution in [0, 0.1) is 0 Å². The number of carboxylic acid groups (broad SMARTS) is 1. The second-order valence-electron chi connectivity index (χ2n) is 3.95. The highest BCUT2D eigenvalue weighted by molar-refractivity contribution is 5.86. The first-order chi connectivity index (χ1) is 8.42. The lowest BCUT2D eigenvalue weighted by Gasteiger charge is -2.20. The second kappa shape index (κ2) is 8.32. The number of hydrogen-bond donors (Lipinski definition) is 3. The molecule has 0 heterocycles. The lowest BCUT2D eigenvalue weighted by Crippen LogP contribution is -2.48.